The molecule has 0 atom stereocenters. The Hall–Kier alpha value is -2.38. The monoisotopic (exact) mass is 478 g/mol. The summed E-state index contributed by atoms with van der Waals surface area (Å²) in [6, 6.07) is 0. The third-order valence-electron chi connectivity index (χ3n) is 5.69. The summed E-state index contributed by atoms with van der Waals surface area (Å²) in [5.41, 5.74) is 0.422. The number of allylic oxidation sites excluding steroid dienone is 12. The second kappa shape index (κ2) is 10.0. The second-order valence-electron chi connectivity index (χ2n) is 8.03. The molecule has 2 heterocycles. The average Bonchev–Trinajstić information content (AvgIpc) is 3.05. The lowest BCUT2D eigenvalue weighted by atomic mass is 9.88. The summed E-state index contributed by atoms with van der Waals surface area (Å²) in [7, 11) is 0. The molecule has 2 aliphatic heterocycles. The molecule has 0 bridgehead atoms. The topological polar surface area (TPSA) is 49.4 Å². The van der Waals surface area contributed by atoms with E-state index in [1.165, 1.54) is 12.2 Å². The van der Waals surface area contributed by atoms with Crippen molar-refractivity contribution >= 4 is 36.0 Å². The standard InChI is InChI=1S/C24H25ClF2N2O2S/c1-3-16(8-6-7-15(2)20-17(26)9-4-5-10-18(20)27)21(25)22(32)23(31)29-13-24(14-29)12-11-19(30)28-24/h3-6,8-9,32H,2,7,10-14H2,1H3,(H,28,30)/b8-6-,16-3+,22-21+. The highest BCUT2D eigenvalue weighted by molar-refractivity contribution is 7.85. The van der Waals surface area contributed by atoms with Crippen molar-refractivity contribution in [2.75, 3.05) is 13.1 Å². The summed E-state index contributed by atoms with van der Waals surface area (Å²) in [5, 5.41) is 3.10. The Labute approximate surface area is 197 Å². The molecule has 2 amide bonds. The van der Waals surface area contributed by atoms with Crippen LogP contribution in [-0.4, -0.2) is 35.3 Å². The Kier molecular flexibility index (Phi) is 7.62. The minimum Gasteiger partial charge on any atom is -0.347 e. The van der Waals surface area contributed by atoms with Gasteiger partial charge in [-0.05, 0) is 37.0 Å². The van der Waals surface area contributed by atoms with Crippen molar-refractivity contribution in [3.8, 4) is 0 Å². The van der Waals surface area contributed by atoms with Gasteiger partial charge in [-0.1, -0.05) is 48.6 Å². The Balaban J connectivity index is 1.64. The van der Waals surface area contributed by atoms with Crippen LogP contribution in [0.5, 0.6) is 0 Å². The largest absolute Gasteiger partial charge is 0.347 e. The summed E-state index contributed by atoms with van der Waals surface area (Å²) >= 11 is 10.7. The molecule has 1 N–H and O–H groups in total. The maximum atomic E-state index is 14.2. The SMILES string of the molecule is C=C(C\C=C/C(=C\C)C(/Cl)=C(\S)C(=O)N1CC2(CCC(=O)N2)C1)C1=C(F)CC=CC=C1F. The molecule has 1 aliphatic carbocycles. The average molecular weight is 479 g/mol. The number of carbonyl (C=O) groups is 2. The van der Waals surface area contributed by atoms with E-state index in [0.29, 0.717) is 37.1 Å². The highest BCUT2D eigenvalue weighted by atomic mass is 35.5. The van der Waals surface area contributed by atoms with Gasteiger partial charge in [-0.2, -0.15) is 0 Å². The molecule has 0 unspecified atom stereocenters. The van der Waals surface area contributed by atoms with E-state index in [-0.39, 0.29) is 45.7 Å². The van der Waals surface area contributed by atoms with Crippen LogP contribution in [0, 0.1) is 0 Å². The van der Waals surface area contributed by atoms with E-state index in [9.17, 15) is 18.4 Å². The van der Waals surface area contributed by atoms with Gasteiger partial charge in [0.05, 0.1) is 15.5 Å². The third-order valence-corrected chi connectivity index (χ3v) is 6.64. The van der Waals surface area contributed by atoms with Gasteiger partial charge in [0.2, 0.25) is 5.91 Å². The van der Waals surface area contributed by atoms with Gasteiger partial charge in [-0.3, -0.25) is 9.59 Å². The summed E-state index contributed by atoms with van der Waals surface area (Å²) in [4.78, 5) is 25.9. The van der Waals surface area contributed by atoms with Crippen LogP contribution >= 0.6 is 24.2 Å². The number of halogens is 3. The maximum Gasteiger partial charge on any atom is 0.261 e. The van der Waals surface area contributed by atoms with Crippen molar-refractivity contribution in [2.24, 2.45) is 0 Å². The summed E-state index contributed by atoms with van der Waals surface area (Å²) < 4.78 is 28.3. The van der Waals surface area contributed by atoms with Crippen LogP contribution in [0.1, 0.15) is 32.6 Å². The molecule has 170 valence electrons. The van der Waals surface area contributed by atoms with Crippen molar-refractivity contribution in [2.45, 2.75) is 38.1 Å². The molecule has 0 radical (unpaired) electrons. The number of nitrogens with one attached hydrogen (secondary N) is 1. The Morgan fingerprint density at radius 3 is 2.75 bits per heavy atom. The van der Waals surface area contributed by atoms with Gasteiger partial charge >= 0.3 is 0 Å². The van der Waals surface area contributed by atoms with E-state index < -0.39 is 11.7 Å². The Morgan fingerprint density at radius 2 is 2.12 bits per heavy atom. The minimum absolute atomic E-state index is 0.00540. The fraction of sp³-hybridized carbons (Fsp3) is 0.333. The Bertz CT molecular complexity index is 1030. The molecular formula is C24H25ClF2N2O2S. The van der Waals surface area contributed by atoms with Gasteiger partial charge < -0.3 is 10.2 Å². The number of amides is 2. The van der Waals surface area contributed by atoms with Crippen LogP contribution in [0.25, 0.3) is 0 Å². The van der Waals surface area contributed by atoms with Crippen molar-refractivity contribution < 1.29 is 18.4 Å². The van der Waals surface area contributed by atoms with E-state index in [4.69, 9.17) is 11.6 Å². The van der Waals surface area contributed by atoms with Crippen LogP contribution < -0.4 is 5.32 Å². The number of rotatable bonds is 6. The van der Waals surface area contributed by atoms with Crippen molar-refractivity contribution in [1.82, 2.24) is 10.2 Å². The molecule has 32 heavy (non-hydrogen) atoms. The van der Waals surface area contributed by atoms with Crippen LogP contribution in [0.15, 0.2) is 81.3 Å². The fourth-order valence-corrected chi connectivity index (χ4v) is 4.47. The van der Waals surface area contributed by atoms with Crippen LogP contribution in [-0.2, 0) is 9.59 Å². The quantitative estimate of drug-likeness (QED) is 0.307. The normalized spacial score (nSPS) is 21.4. The van der Waals surface area contributed by atoms with E-state index in [1.54, 1.807) is 36.1 Å². The number of likely N-dealkylation sites (tertiary alicyclic amines) is 1. The molecule has 2 fully saturated rings. The molecule has 0 aromatic carbocycles. The Morgan fingerprint density at radius 1 is 1.41 bits per heavy atom. The van der Waals surface area contributed by atoms with Crippen LogP contribution in [0.4, 0.5) is 8.78 Å². The lowest BCUT2D eigenvalue weighted by molar-refractivity contribution is -0.135. The molecule has 3 rings (SSSR count). The van der Waals surface area contributed by atoms with Gasteiger partial charge in [0.25, 0.3) is 5.91 Å². The molecule has 3 aliphatic rings. The highest BCUT2D eigenvalue weighted by Gasteiger charge is 2.49. The van der Waals surface area contributed by atoms with E-state index in [1.807, 2.05) is 0 Å². The molecule has 2 saturated heterocycles. The summed E-state index contributed by atoms with van der Waals surface area (Å²) in [6.45, 7) is 6.43. The molecule has 4 nitrogen and oxygen atoms in total. The third kappa shape index (κ3) is 5.15. The first-order valence-electron chi connectivity index (χ1n) is 10.3. The molecule has 0 aromatic rings. The second-order valence-corrected chi connectivity index (χ2v) is 8.86. The lowest BCUT2D eigenvalue weighted by Crippen LogP contribution is -2.68. The summed E-state index contributed by atoms with van der Waals surface area (Å²) in [6.07, 6.45) is 10.7. The zero-order valence-electron chi connectivity index (χ0n) is 17.8. The van der Waals surface area contributed by atoms with Gasteiger partial charge in [0.1, 0.15) is 11.7 Å². The van der Waals surface area contributed by atoms with E-state index in [0.717, 1.165) is 0 Å². The van der Waals surface area contributed by atoms with Crippen LogP contribution in [0.3, 0.4) is 0 Å². The predicted molar refractivity (Wildman–Crippen MR) is 126 cm³/mol. The van der Waals surface area contributed by atoms with E-state index in [2.05, 4.69) is 24.5 Å². The van der Waals surface area contributed by atoms with Crippen molar-refractivity contribution in [3.63, 3.8) is 0 Å². The zero-order chi connectivity index (χ0) is 23.5. The van der Waals surface area contributed by atoms with Crippen molar-refractivity contribution in [3.05, 3.63) is 81.3 Å². The van der Waals surface area contributed by atoms with Crippen molar-refractivity contribution in [1.29, 1.82) is 0 Å². The van der Waals surface area contributed by atoms with Gasteiger partial charge in [0.15, 0.2) is 0 Å². The minimum atomic E-state index is -0.659. The summed E-state index contributed by atoms with van der Waals surface area (Å²) in [5.74, 6) is -1.53. The molecular weight excluding hydrogens is 454 g/mol. The number of carbonyl (C=O) groups excluding carboxylic acids is 2. The first-order valence-corrected chi connectivity index (χ1v) is 11.1. The smallest absolute Gasteiger partial charge is 0.261 e. The number of hydrogen-bond donors (Lipinski definition) is 2. The van der Waals surface area contributed by atoms with Gasteiger partial charge in [0, 0.05) is 31.5 Å². The predicted octanol–water partition coefficient (Wildman–Crippen LogP) is 5.34. The zero-order valence-corrected chi connectivity index (χ0v) is 19.4. The molecule has 0 saturated carbocycles. The number of thiol groups is 1. The van der Waals surface area contributed by atoms with E-state index >= 15 is 0 Å². The van der Waals surface area contributed by atoms with Gasteiger partial charge in [-0.25, -0.2) is 8.78 Å². The first-order chi connectivity index (χ1) is 15.2. The molecule has 8 heteroatoms. The molecule has 0 aromatic heterocycles. The van der Waals surface area contributed by atoms with Crippen LogP contribution in [0.2, 0.25) is 0 Å². The fourth-order valence-electron chi connectivity index (χ4n) is 3.95. The highest BCUT2D eigenvalue weighted by Crippen LogP contribution is 2.34. The first kappa shape index (κ1) is 24.3. The lowest BCUT2D eigenvalue weighted by Gasteiger charge is -2.47. The maximum absolute atomic E-state index is 14.2. The molecule has 1 spiro atoms. The van der Waals surface area contributed by atoms with Gasteiger partial charge in [-0.15, -0.1) is 12.6 Å². The number of nitrogens with zero attached hydrogens (tertiary/aromatic N) is 1. The number of hydrogen-bond acceptors (Lipinski definition) is 3.